The van der Waals surface area contributed by atoms with Gasteiger partial charge in [-0.05, 0) is 29.3 Å². The van der Waals surface area contributed by atoms with E-state index in [9.17, 15) is 4.79 Å². The van der Waals surface area contributed by atoms with Crippen LogP contribution in [0.5, 0.6) is 5.75 Å². The number of rotatable bonds is 4. The van der Waals surface area contributed by atoms with Crippen LogP contribution >= 0.6 is 0 Å². The molecule has 146 valence electrons. The lowest BCUT2D eigenvalue weighted by Crippen LogP contribution is -2.13. The molecular weight excluding hydrogens is 374 g/mol. The normalized spacial score (nSPS) is 11.0. The van der Waals surface area contributed by atoms with E-state index in [4.69, 9.17) is 9.15 Å². The Labute approximate surface area is 173 Å². The number of para-hydroxylation sites is 1. The minimum atomic E-state index is -0.205. The quantitative estimate of drug-likeness (QED) is 0.378. The van der Waals surface area contributed by atoms with Crippen molar-refractivity contribution < 1.29 is 13.9 Å². The molecule has 1 N–H and O–H groups in total. The molecule has 0 spiro atoms. The molecule has 0 bridgehead atoms. The Balaban J connectivity index is 1.56. The van der Waals surface area contributed by atoms with Crippen LogP contribution < -0.4 is 10.1 Å². The summed E-state index contributed by atoms with van der Waals surface area (Å²) in [4.78, 5) is 13.2. The van der Waals surface area contributed by atoms with Gasteiger partial charge in [0.2, 0.25) is 0 Å². The molecule has 0 fully saturated rings. The van der Waals surface area contributed by atoms with Gasteiger partial charge in [0, 0.05) is 22.4 Å². The molecule has 0 aliphatic heterocycles. The van der Waals surface area contributed by atoms with E-state index in [-0.39, 0.29) is 5.91 Å². The average molecular weight is 393 g/mol. The fraction of sp³-hybridized carbons (Fsp3) is 0.0385. The number of carbonyl (C=O) groups is 1. The Morgan fingerprint density at radius 2 is 1.53 bits per heavy atom. The van der Waals surface area contributed by atoms with Gasteiger partial charge in [-0.1, -0.05) is 66.7 Å². The van der Waals surface area contributed by atoms with Crippen LogP contribution in [0, 0.1) is 0 Å². The third kappa shape index (κ3) is 3.08. The molecule has 5 rings (SSSR count). The molecular formula is C26H19NO3. The fourth-order valence-corrected chi connectivity index (χ4v) is 3.76. The molecule has 1 aromatic heterocycles. The summed E-state index contributed by atoms with van der Waals surface area (Å²) >= 11 is 0. The van der Waals surface area contributed by atoms with E-state index >= 15 is 0 Å². The number of ether oxygens (including phenoxy) is 1. The zero-order chi connectivity index (χ0) is 20.5. The van der Waals surface area contributed by atoms with Gasteiger partial charge in [0.25, 0.3) is 5.91 Å². The smallest absolute Gasteiger partial charge is 0.256 e. The Bertz CT molecular complexity index is 1370. The first-order valence-electron chi connectivity index (χ1n) is 9.69. The topological polar surface area (TPSA) is 51.5 Å². The van der Waals surface area contributed by atoms with Gasteiger partial charge in [-0.15, -0.1) is 0 Å². The molecule has 0 unspecified atom stereocenters. The first kappa shape index (κ1) is 18.0. The minimum absolute atomic E-state index is 0.205. The van der Waals surface area contributed by atoms with Crippen LogP contribution in [0.1, 0.15) is 10.4 Å². The van der Waals surface area contributed by atoms with Gasteiger partial charge in [-0.25, -0.2) is 0 Å². The number of anilines is 1. The third-order valence-corrected chi connectivity index (χ3v) is 5.20. The highest BCUT2D eigenvalue weighted by Crippen LogP contribution is 2.36. The molecule has 5 aromatic rings. The van der Waals surface area contributed by atoms with Crippen LogP contribution in [0.25, 0.3) is 33.1 Å². The SMILES string of the molecule is COc1cc2c(cc1NC(=O)c1ccccc1-c1ccccc1)oc1ccccc12. The number of hydrogen-bond donors (Lipinski definition) is 1. The van der Waals surface area contributed by atoms with E-state index < -0.39 is 0 Å². The van der Waals surface area contributed by atoms with Crippen molar-refractivity contribution in [1.29, 1.82) is 0 Å². The van der Waals surface area contributed by atoms with Gasteiger partial charge in [0.05, 0.1) is 12.8 Å². The second-order valence-corrected chi connectivity index (χ2v) is 7.01. The Morgan fingerprint density at radius 1 is 0.800 bits per heavy atom. The molecule has 0 aliphatic rings. The van der Waals surface area contributed by atoms with Crippen LogP contribution in [-0.2, 0) is 0 Å². The number of nitrogens with one attached hydrogen (secondary N) is 1. The maximum Gasteiger partial charge on any atom is 0.256 e. The zero-order valence-electron chi connectivity index (χ0n) is 16.4. The number of carbonyl (C=O) groups excluding carboxylic acids is 1. The number of amides is 1. The summed E-state index contributed by atoms with van der Waals surface area (Å²) < 4.78 is 11.5. The predicted octanol–water partition coefficient (Wildman–Crippen LogP) is 6.51. The van der Waals surface area contributed by atoms with Crippen LogP contribution in [0.15, 0.2) is 95.4 Å². The lowest BCUT2D eigenvalue weighted by atomic mass is 9.99. The molecule has 0 radical (unpaired) electrons. The van der Waals surface area contributed by atoms with Gasteiger partial charge in [0.1, 0.15) is 16.9 Å². The predicted molar refractivity (Wildman–Crippen MR) is 120 cm³/mol. The van der Waals surface area contributed by atoms with E-state index in [1.54, 1.807) is 7.11 Å². The summed E-state index contributed by atoms with van der Waals surface area (Å²) in [6, 6.07) is 29.0. The number of furan rings is 1. The maximum atomic E-state index is 13.2. The van der Waals surface area contributed by atoms with Crippen LogP contribution in [0.4, 0.5) is 5.69 Å². The van der Waals surface area contributed by atoms with E-state index in [0.29, 0.717) is 22.6 Å². The average Bonchev–Trinajstić information content (AvgIpc) is 3.16. The summed E-state index contributed by atoms with van der Waals surface area (Å²) in [5, 5.41) is 4.96. The van der Waals surface area contributed by atoms with Crippen LogP contribution in [-0.4, -0.2) is 13.0 Å². The van der Waals surface area contributed by atoms with Crippen molar-refractivity contribution in [3.63, 3.8) is 0 Å². The van der Waals surface area contributed by atoms with Gasteiger partial charge >= 0.3 is 0 Å². The molecule has 0 saturated heterocycles. The lowest BCUT2D eigenvalue weighted by molar-refractivity contribution is 0.102. The molecule has 0 aliphatic carbocycles. The Morgan fingerprint density at radius 3 is 2.37 bits per heavy atom. The van der Waals surface area contributed by atoms with Crippen LogP contribution in [0.3, 0.4) is 0 Å². The highest BCUT2D eigenvalue weighted by atomic mass is 16.5. The Hall–Kier alpha value is -4.05. The van der Waals surface area contributed by atoms with Gasteiger partial charge in [0.15, 0.2) is 0 Å². The van der Waals surface area contributed by atoms with Gasteiger partial charge in [-0.2, -0.15) is 0 Å². The fourth-order valence-electron chi connectivity index (χ4n) is 3.76. The van der Waals surface area contributed by atoms with Crippen molar-refractivity contribution in [2.45, 2.75) is 0 Å². The van der Waals surface area contributed by atoms with Gasteiger partial charge < -0.3 is 14.5 Å². The summed E-state index contributed by atoms with van der Waals surface area (Å²) in [7, 11) is 1.59. The van der Waals surface area contributed by atoms with E-state index in [1.807, 2.05) is 91.0 Å². The summed E-state index contributed by atoms with van der Waals surface area (Å²) in [6.07, 6.45) is 0. The van der Waals surface area contributed by atoms with Crippen molar-refractivity contribution in [1.82, 2.24) is 0 Å². The van der Waals surface area contributed by atoms with Gasteiger partial charge in [-0.3, -0.25) is 4.79 Å². The van der Waals surface area contributed by atoms with E-state index in [2.05, 4.69) is 5.32 Å². The molecule has 4 nitrogen and oxygen atoms in total. The summed E-state index contributed by atoms with van der Waals surface area (Å²) in [5.74, 6) is 0.378. The molecule has 4 heteroatoms. The number of methoxy groups -OCH3 is 1. The standard InChI is InChI=1S/C26H19NO3/c1-29-25-15-21-19-12-7-8-14-23(19)30-24(21)16-22(25)27-26(28)20-13-6-5-11-18(20)17-9-3-2-4-10-17/h2-16H,1H3,(H,27,28). The number of benzene rings is 4. The molecule has 0 atom stereocenters. The monoisotopic (exact) mass is 393 g/mol. The minimum Gasteiger partial charge on any atom is -0.495 e. The highest BCUT2D eigenvalue weighted by molar-refractivity contribution is 6.12. The second kappa shape index (κ2) is 7.41. The summed E-state index contributed by atoms with van der Waals surface area (Å²) in [5.41, 5.74) is 4.52. The van der Waals surface area contributed by atoms with Crippen molar-refractivity contribution in [3.05, 3.63) is 96.6 Å². The summed E-state index contributed by atoms with van der Waals surface area (Å²) in [6.45, 7) is 0. The third-order valence-electron chi connectivity index (χ3n) is 5.20. The van der Waals surface area contributed by atoms with Crippen LogP contribution in [0.2, 0.25) is 0 Å². The second-order valence-electron chi connectivity index (χ2n) is 7.01. The highest BCUT2D eigenvalue weighted by Gasteiger charge is 2.17. The van der Waals surface area contributed by atoms with Crippen molar-refractivity contribution in [2.75, 3.05) is 12.4 Å². The maximum absolute atomic E-state index is 13.2. The van der Waals surface area contributed by atoms with Crippen molar-refractivity contribution in [3.8, 4) is 16.9 Å². The molecule has 4 aromatic carbocycles. The Kier molecular flexibility index (Phi) is 4.45. The first-order chi connectivity index (χ1) is 14.7. The number of hydrogen-bond acceptors (Lipinski definition) is 3. The first-order valence-corrected chi connectivity index (χ1v) is 9.69. The largest absolute Gasteiger partial charge is 0.495 e. The molecule has 30 heavy (non-hydrogen) atoms. The molecule has 1 amide bonds. The van der Waals surface area contributed by atoms with E-state index in [1.165, 1.54) is 0 Å². The molecule has 1 heterocycles. The zero-order valence-corrected chi connectivity index (χ0v) is 16.4. The number of fused-ring (bicyclic) bond motifs is 3. The molecule has 0 saturated carbocycles. The van der Waals surface area contributed by atoms with Crippen molar-refractivity contribution >= 4 is 33.5 Å². The van der Waals surface area contributed by atoms with E-state index in [0.717, 1.165) is 27.5 Å². The van der Waals surface area contributed by atoms with Crippen molar-refractivity contribution in [2.24, 2.45) is 0 Å². The lowest BCUT2D eigenvalue weighted by Gasteiger charge is -2.13.